The predicted octanol–water partition coefficient (Wildman–Crippen LogP) is 5.89. The third-order valence-electron chi connectivity index (χ3n) is 6.44. The maximum absolute atomic E-state index is 13.3. The Morgan fingerprint density at radius 1 is 0.972 bits per heavy atom. The van der Waals surface area contributed by atoms with Crippen LogP contribution >= 0.6 is 0 Å². The highest BCUT2D eigenvalue weighted by Crippen LogP contribution is 2.40. The quantitative estimate of drug-likeness (QED) is 0.256. The molecule has 3 aromatic rings. The van der Waals surface area contributed by atoms with Gasteiger partial charge in [-0.3, -0.25) is 9.59 Å². The molecule has 0 saturated carbocycles. The number of aliphatic hydroxyl groups excluding tert-OH is 1. The topological polar surface area (TPSA) is 66.8 Å². The van der Waals surface area contributed by atoms with Crippen molar-refractivity contribution in [3.63, 3.8) is 0 Å². The monoisotopic (exact) mass is 487 g/mol. The zero-order valence-corrected chi connectivity index (χ0v) is 20.9. The first-order chi connectivity index (χ1) is 17.2. The number of halogens is 1. The number of ketones is 1. The molecule has 1 N–H and O–H groups in total. The Bertz CT molecular complexity index is 1310. The summed E-state index contributed by atoms with van der Waals surface area (Å²) in [5, 5.41) is 11.3. The number of rotatable bonds is 7. The Labute approximate surface area is 210 Å². The number of ether oxygens (including phenoxy) is 1. The molecule has 1 atom stereocenters. The van der Waals surface area contributed by atoms with E-state index in [9.17, 15) is 19.1 Å². The number of benzene rings is 3. The van der Waals surface area contributed by atoms with E-state index in [2.05, 4.69) is 0 Å². The summed E-state index contributed by atoms with van der Waals surface area (Å²) in [4.78, 5) is 27.9. The number of carbonyl (C=O) groups is 2. The first-order valence-corrected chi connectivity index (χ1v) is 12.0. The molecule has 0 aliphatic carbocycles. The van der Waals surface area contributed by atoms with Crippen LogP contribution in [0.1, 0.15) is 47.7 Å². The van der Waals surface area contributed by atoms with Crippen LogP contribution in [0.15, 0.2) is 72.3 Å². The lowest BCUT2D eigenvalue weighted by Crippen LogP contribution is -2.31. The number of likely N-dealkylation sites (tertiary alicyclic amines) is 1. The molecule has 1 amide bonds. The number of hydrogen-bond donors (Lipinski definition) is 1. The SMILES string of the molecule is Cc1ccc(/C(O)=C2/C(=O)C(=O)N(CCc3ccc(F)cc3)C2c2ccc(OC(C)C)cc2)cc1C. The van der Waals surface area contributed by atoms with Crippen molar-refractivity contribution in [2.75, 3.05) is 6.54 Å². The standard InChI is InChI=1S/C30H30FNO4/c1-18(2)36-25-13-9-22(10-14-25)27-26(28(33)23-8-5-19(3)20(4)17-23)29(34)30(35)32(27)16-15-21-6-11-24(31)12-7-21/h5-14,17-18,27,33H,15-16H2,1-4H3/b28-26-. The molecule has 6 heteroatoms. The van der Waals surface area contributed by atoms with E-state index in [4.69, 9.17) is 4.74 Å². The molecule has 0 spiro atoms. The second-order valence-corrected chi connectivity index (χ2v) is 9.40. The fourth-order valence-electron chi connectivity index (χ4n) is 4.40. The van der Waals surface area contributed by atoms with Crippen LogP contribution in [0.25, 0.3) is 5.76 Å². The molecule has 0 bridgehead atoms. The number of aliphatic hydroxyl groups is 1. The second-order valence-electron chi connectivity index (χ2n) is 9.40. The largest absolute Gasteiger partial charge is 0.507 e. The van der Waals surface area contributed by atoms with E-state index < -0.39 is 17.7 Å². The van der Waals surface area contributed by atoms with Gasteiger partial charge in [-0.25, -0.2) is 4.39 Å². The Hall–Kier alpha value is -3.93. The second kappa shape index (κ2) is 10.4. The first kappa shape index (κ1) is 25.2. The average Bonchev–Trinajstić information content (AvgIpc) is 3.10. The Morgan fingerprint density at radius 2 is 1.64 bits per heavy atom. The molecule has 0 radical (unpaired) electrons. The van der Waals surface area contributed by atoms with E-state index in [0.717, 1.165) is 16.7 Å². The lowest BCUT2D eigenvalue weighted by Gasteiger charge is -2.25. The van der Waals surface area contributed by atoms with Crippen LogP contribution in [0.5, 0.6) is 5.75 Å². The molecule has 1 fully saturated rings. The summed E-state index contributed by atoms with van der Waals surface area (Å²) in [6.07, 6.45) is 0.434. The van der Waals surface area contributed by atoms with Gasteiger partial charge >= 0.3 is 0 Å². The maximum Gasteiger partial charge on any atom is 0.295 e. The summed E-state index contributed by atoms with van der Waals surface area (Å²) in [6.45, 7) is 7.99. The zero-order chi connectivity index (χ0) is 26.0. The van der Waals surface area contributed by atoms with Gasteiger partial charge < -0.3 is 14.7 Å². The molecule has 4 rings (SSSR count). The van der Waals surface area contributed by atoms with E-state index in [1.807, 2.05) is 52.0 Å². The Kier molecular flexibility index (Phi) is 7.25. The van der Waals surface area contributed by atoms with Gasteiger partial charge in [-0.2, -0.15) is 0 Å². The van der Waals surface area contributed by atoms with Crippen molar-refractivity contribution in [2.45, 2.75) is 46.3 Å². The van der Waals surface area contributed by atoms with Crippen LogP contribution in [-0.4, -0.2) is 34.3 Å². The van der Waals surface area contributed by atoms with Crippen molar-refractivity contribution in [1.29, 1.82) is 0 Å². The minimum absolute atomic E-state index is 0.00183. The van der Waals surface area contributed by atoms with Crippen LogP contribution < -0.4 is 4.74 Å². The molecular formula is C30H30FNO4. The van der Waals surface area contributed by atoms with Gasteiger partial charge in [0.05, 0.1) is 17.7 Å². The maximum atomic E-state index is 13.3. The van der Waals surface area contributed by atoms with E-state index in [-0.39, 0.29) is 29.8 Å². The summed E-state index contributed by atoms with van der Waals surface area (Å²) in [5.74, 6) is -1.26. The van der Waals surface area contributed by atoms with Gasteiger partial charge in [0.1, 0.15) is 17.3 Å². The highest BCUT2D eigenvalue weighted by molar-refractivity contribution is 6.46. The average molecular weight is 488 g/mol. The summed E-state index contributed by atoms with van der Waals surface area (Å²) in [7, 11) is 0. The summed E-state index contributed by atoms with van der Waals surface area (Å²) in [5.41, 5.74) is 4.10. The summed E-state index contributed by atoms with van der Waals surface area (Å²) in [6, 6.07) is 18.0. The number of carbonyl (C=O) groups excluding carboxylic acids is 2. The van der Waals surface area contributed by atoms with Crippen molar-refractivity contribution >= 4 is 17.4 Å². The van der Waals surface area contributed by atoms with E-state index in [1.54, 1.807) is 30.3 Å². The van der Waals surface area contributed by atoms with Crippen LogP contribution in [0.2, 0.25) is 0 Å². The van der Waals surface area contributed by atoms with Crippen LogP contribution in [0.3, 0.4) is 0 Å². The lowest BCUT2D eigenvalue weighted by atomic mass is 9.94. The molecular weight excluding hydrogens is 457 g/mol. The Balaban J connectivity index is 1.76. The van der Waals surface area contributed by atoms with Crippen molar-refractivity contribution in [3.8, 4) is 5.75 Å². The van der Waals surface area contributed by atoms with Gasteiger partial charge in [-0.05, 0) is 86.7 Å². The molecule has 3 aromatic carbocycles. The van der Waals surface area contributed by atoms with Gasteiger partial charge in [-0.1, -0.05) is 36.4 Å². The van der Waals surface area contributed by atoms with Crippen LogP contribution in [-0.2, 0) is 16.0 Å². The molecule has 1 aliphatic heterocycles. The van der Waals surface area contributed by atoms with Gasteiger partial charge in [0.15, 0.2) is 0 Å². The molecule has 5 nitrogen and oxygen atoms in total. The molecule has 0 aromatic heterocycles. The molecule has 1 saturated heterocycles. The molecule has 1 heterocycles. The molecule has 1 unspecified atom stereocenters. The van der Waals surface area contributed by atoms with Crippen molar-refractivity contribution in [1.82, 2.24) is 4.90 Å². The summed E-state index contributed by atoms with van der Waals surface area (Å²) >= 11 is 0. The number of Topliss-reactive ketones (excluding diaryl/α,β-unsaturated/α-hetero) is 1. The molecule has 1 aliphatic rings. The van der Waals surface area contributed by atoms with Crippen molar-refractivity contribution in [3.05, 3.63) is 106 Å². The molecule has 186 valence electrons. The van der Waals surface area contributed by atoms with Crippen LogP contribution in [0.4, 0.5) is 4.39 Å². The lowest BCUT2D eigenvalue weighted by molar-refractivity contribution is -0.139. The normalized spacial score (nSPS) is 17.2. The van der Waals surface area contributed by atoms with Gasteiger partial charge in [0, 0.05) is 12.1 Å². The van der Waals surface area contributed by atoms with Crippen molar-refractivity contribution < 1.29 is 23.8 Å². The predicted molar refractivity (Wildman–Crippen MR) is 137 cm³/mol. The summed E-state index contributed by atoms with van der Waals surface area (Å²) < 4.78 is 19.1. The van der Waals surface area contributed by atoms with Crippen LogP contribution in [0, 0.1) is 19.7 Å². The number of aryl methyl sites for hydroxylation is 2. The first-order valence-electron chi connectivity index (χ1n) is 12.0. The van der Waals surface area contributed by atoms with Gasteiger partial charge in [-0.15, -0.1) is 0 Å². The Morgan fingerprint density at radius 3 is 2.25 bits per heavy atom. The smallest absolute Gasteiger partial charge is 0.295 e. The fourth-order valence-corrected chi connectivity index (χ4v) is 4.40. The highest BCUT2D eigenvalue weighted by atomic mass is 19.1. The van der Waals surface area contributed by atoms with Gasteiger partial charge in [0.25, 0.3) is 11.7 Å². The fraction of sp³-hybridized carbons (Fsp3) is 0.267. The zero-order valence-electron chi connectivity index (χ0n) is 20.9. The third kappa shape index (κ3) is 5.18. The number of hydrogen-bond acceptors (Lipinski definition) is 4. The minimum atomic E-state index is -0.764. The van der Waals surface area contributed by atoms with E-state index in [1.165, 1.54) is 17.0 Å². The molecule has 36 heavy (non-hydrogen) atoms. The van der Waals surface area contributed by atoms with Gasteiger partial charge in [0.2, 0.25) is 0 Å². The number of amides is 1. The number of nitrogens with zero attached hydrogens (tertiary/aromatic N) is 1. The minimum Gasteiger partial charge on any atom is -0.507 e. The van der Waals surface area contributed by atoms with E-state index in [0.29, 0.717) is 23.3 Å². The third-order valence-corrected chi connectivity index (χ3v) is 6.44. The van der Waals surface area contributed by atoms with Crippen molar-refractivity contribution in [2.24, 2.45) is 0 Å². The van der Waals surface area contributed by atoms with E-state index >= 15 is 0 Å². The highest BCUT2D eigenvalue weighted by Gasteiger charge is 2.45.